The number of nitro benzene ring substituents is 2. The molecule has 0 heterocycles. The molecule has 0 aliphatic heterocycles. The molecule has 7 nitrogen and oxygen atoms in total. The van der Waals surface area contributed by atoms with E-state index in [1.54, 1.807) is 24.3 Å². The Labute approximate surface area is 171 Å². The van der Waals surface area contributed by atoms with Crippen molar-refractivity contribution >= 4 is 22.7 Å². The van der Waals surface area contributed by atoms with Gasteiger partial charge in [-0.15, -0.1) is 0 Å². The number of nitro groups is 2. The van der Waals surface area contributed by atoms with Gasteiger partial charge in [-0.25, -0.2) is 0 Å². The van der Waals surface area contributed by atoms with Gasteiger partial charge in [0.05, 0.1) is 9.85 Å². The van der Waals surface area contributed by atoms with Crippen LogP contribution in [0.15, 0.2) is 49.2 Å². The highest BCUT2D eigenvalue weighted by molar-refractivity contribution is 5.80. The third-order valence-electron chi connectivity index (χ3n) is 4.78. The smallest absolute Gasteiger partial charge is 0.293 e. The zero-order chi connectivity index (χ0) is 22.1. The van der Waals surface area contributed by atoms with E-state index in [-0.39, 0.29) is 33.6 Å². The average molecular weight is 397 g/mol. The van der Waals surface area contributed by atoms with E-state index in [9.17, 15) is 20.2 Å². The molecular weight excluding hydrogens is 370 g/mol. The quantitative estimate of drug-likeness (QED) is 0.431. The van der Waals surface area contributed by atoms with Crippen molar-refractivity contribution in [3.05, 3.63) is 80.5 Å². The van der Waals surface area contributed by atoms with Crippen molar-refractivity contribution in [2.45, 2.75) is 52.4 Å². The lowest BCUT2D eigenvalue weighted by atomic mass is 9.86. The first-order valence-corrected chi connectivity index (χ1v) is 9.27. The van der Waals surface area contributed by atoms with E-state index in [1.807, 2.05) is 41.5 Å². The van der Waals surface area contributed by atoms with Crippen molar-refractivity contribution in [1.29, 1.82) is 0 Å². The van der Waals surface area contributed by atoms with Crippen molar-refractivity contribution in [1.82, 2.24) is 0 Å². The van der Waals surface area contributed by atoms with Gasteiger partial charge in [0.25, 0.3) is 11.4 Å². The van der Waals surface area contributed by atoms with Crippen LogP contribution >= 0.6 is 0 Å². The van der Waals surface area contributed by atoms with Crippen molar-refractivity contribution in [2.24, 2.45) is 0 Å². The van der Waals surface area contributed by atoms with Crippen LogP contribution in [0.4, 0.5) is 22.7 Å². The minimum atomic E-state index is -0.476. The minimum Gasteiger partial charge on any atom is -0.306 e. The SMILES string of the molecule is C=CN(c1ccc(C(C)(C)C)cc1[N+](=O)[O-])c1ccc(C(C)(C)C)cc1[N+](=O)[O-]. The maximum Gasteiger partial charge on any atom is 0.293 e. The Hall–Kier alpha value is -3.22. The molecule has 0 saturated heterocycles. The predicted molar refractivity (Wildman–Crippen MR) is 116 cm³/mol. The van der Waals surface area contributed by atoms with Crippen LogP contribution in [0, 0.1) is 20.2 Å². The lowest BCUT2D eigenvalue weighted by molar-refractivity contribution is -0.384. The van der Waals surface area contributed by atoms with E-state index in [0.29, 0.717) is 0 Å². The number of benzene rings is 2. The number of nitrogens with zero attached hydrogens (tertiary/aromatic N) is 3. The van der Waals surface area contributed by atoms with Gasteiger partial charge in [0.2, 0.25) is 0 Å². The summed E-state index contributed by atoms with van der Waals surface area (Å²) in [4.78, 5) is 24.0. The van der Waals surface area contributed by atoms with E-state index >= 15 is 0 Å². The molecule has 0 fully saturated rings. The summed E-state index contributed by atoms with van der Waals surface area (Å²) in [5.74, 6) is 0. The van der Waals surface area contributed by atoms with Crippen molar-refractivity contribution < 1.29 is 9.85 Å². The van der Waals surface area contributed by atoms with E-state index < -0.39 is 9.85 Å². The number of anilines is 2. The highest BCUT2D eigenvalue weighted by Gasteiger charge is 2.28. The number of hydrogen-bond donors (Lipinski definition) is 0. The van der Waals surface area contributed by atoms with Crippen molar-refractivity contribution in [3.63, 3.8) is 0 Å². The number of hydrogen-bond acceptors (Lipinski definition) is 5. The van der Waals surface area contributed by atoms with Crippen LogP contribution in [0.3, 0.4) is 0 Å². The molecule has 0 aliphatic carbocycles. The van der Waals surface area contributed by atoms with Crippen LogP contribution in [-0.4, -0.2) is 9.85 Å². The lowest BCUT2D eigenvalue weighted by Crippen LogP contribution is -2.16. The molecule has 0 N–H and O–H groups in total. The third kappa shape index (κ3) is 4.62. The summed E-state index contributed by atoms with van der Waals surface area (Å²) in [7, 11) is 0. The summed E-state index contributed by atoms with van der Waals surface area (Å²) in [6, 6.07) is 9.86. The molecule has 7 heteroatoms. The summed E-state index contributed by atoms with van der Waals surface area (Å²) >= 11 is 0. The Morgan fingerprint density at radius 2 is 1.14 bits per heavy atom. The molecule has 0 bridgehead atoms. The second-order valence-corrected chi connectivity index (χ2v) is 8.97. The third-order valence-corrected chi connectivity index (χ3v) is 4.78. The second kappa shape index (κ2) is 7.66. The summed E-state index contributed by atoms with van der Waals surface area (Å²) in [6.07, 6.45) is 1.36. The van der Waals surface area contributed by atoms with E-state index in [0.717, 1.165) is 11.1 Å². The van der Waals surface area contributed by atoms with Crippen LogP contribution in [-0.2, 0) is 10.8 Å². The van der Waals surface area contributed by atoms with E-state index in [4.69, 9.17) is 0 Å². The Balaban J connectivity index is 2.73. The topological polar surface area (TPSA) is 89.5 Å². The Morgan fingerprint density at radius 1 is 0.793 bits per heavy atom. The standard InChI is InChI=1S/C22H27N3O4/c1-8-23(17-11-9-15(21(2,3)4)13-19(17)24(26)27)18-12-10-16(22(5,6)7)14-20(18)25(28)29/h8-14H,1H2,2-7H3. The summed E-state index contributed by atoms with van der Waals surface area (Å²) in [5.41, 5.74) is 1.24. The molecule has 2 rings (SSSR count). The van der Waals surface area contributed by atoms with Crippen LogP contribution < -0.4 is 4.90 Å². The summed E-state index contributed by atoms with van der Waals surface area (Å²) in [6.45, 7) is 15.5. The van der Waals surface area contributed by atoms with E-state index in [1.165, 1.54) is 23.2 Å². The fourth-order valence-corrected chi connectivity index (χ4v) is 3.01. The van der Waals surface area contributed by atoms with Crippen molar-refractivity contribution in [2.75, 3.05) is 4.90 Å². The molecule has 0 spiro atoms. The van der Waals surface area contributed by atoms with Gasteiger partial charge in [-0.3, -0.25) is 20.2 Å². The molecule has 0 radical (unpaired) electrons. The molecule has 0 unspecified atom stereocenters. The lowest BCUT2D eigenvalue weighted by Gasteiger charge is -2.24. The molecule has 154 valence electrons. The zero-order valence-corrected chi connectivity index (χ0v) is 17.7. The fraction of sp³-hybridized carbons (Fsp3) is 0.364. The zero-order valence-electron chi connectivity index (χ0n) is 17.7. The molecular formula is C22H27N3O4. The van der Waals surface area contributed by atoms with E-state index in [2.05, 4.69) is 6.58 Å². The van der Waals surface area contributed by atoms with Crippen LogP contribution in [0.5, 0.6) is 0 Å². The van der Waals surface area contributed by atoms with Crippen LogP contribution in [0.25, 0.3) is 0 Å². The first kappa shape index (κ1) is 22.1. The van der Waals surface area contributed by atoms with Crippen LogP contribution in [0.2, 0.25) is 0 Å². The average Bonchev–Trinajstić information content (AvgIpc) is 2.60. The molecule has 0 aromatic heterocycles. The first-order chi connectivity index (χ1) is 13.3. The Bertz CT molecular complexity index is 893. The van der Waals surface area contributed by atoms with Gasteiger partial charge in [0, 0.05) is 18.3 Å². The Kier molecular flexibility index (Phi) is 5.83. The summed E-state index contributed by atoms with van der Waals surface area (Å²) < 4.78 is 0. The largest absolute Gasteiger partial charge is 0.306 e. The van der Waals surface area contributed by atoms with Gasteiger partial charge in [-0.2, -0.15) is 0 Å². The van der Waals surface area contributed by atoms with Gasteiger partial charge < -0.3 is 4.90 Å². The van der Waals surface area contributed by atoms with Gasteiger partial charge in [0.1, 0.15) is 11.4 Å². The first-order valence-electron chi connectivity index (χ1n) is 9.27. The second-order valence-electron chi connectivity index (χ2n) is 8.97. The van der Waals surface area contributed by atoms with Gasteiger partial charge in [-0.05, 0) is 34.1 Å². The number of rotatable bonds is 5. The van der Waals surface area contributed by atoms with Gasteiger partial charge in [-0.1, -0.05) is 60.3 Å². The maximum atomic E-state index is 11.8. The predicted octanol–water partition coefficient (Wildman–Crippen LogP) is 6.38. The maximum absolute atomic E-state index is 11.8. The monoisotopic (exact) mass is 397 g/mol. The highest BCUT2D eigenvalue weighted by atomic mass is 16.6. The van der Waals surface area contributed by atoms with Gasteiger partial charge in [0.15, 0.2) is 0 Å². The molecule has 0 aliphatic rings. The minimum absolute atomic E-state index is 0.133. The molecule has 2 aromatic carbocycles. The van der Waals surface area contributed by atoms with Crippen LogP contribution in [0.1, 0.15) is 52.7 Å². The molecule has 29 heavy (non-hydrogen) atoms. The fourth-order valence-electron chi connectivity index (χ4n) is 3.01. The molecule has 0 saturated carbocycles. The van der Waals surface area contributed by atoms with Crippen molar-refractivity contribution in [3.8, 4) is 0 Å². The molecule has 0 amide bonds. The highest BCUT2D eigenvalue weighted by Crippen LogP contribution is 2.41. The molecule has 2 aromatic rings. The summed E-state index contributed by atoms with van der Waals surface area (Å²) in [5, 5.41) is 23.5. The van der Waals surface area contributed by atoms with Gasteiger partial charge >= 0.3 is 0 Å². The Morgan fingerprint density at radius 3 is 1.38 bits per heavy atom. The normalized spacial score (nSPS) is 11.8. The molecule has 0 atom stereocenters.